The van der Waals surface area contributed by atoms with Crippen LogP contribution in [-0.4, -0.2) is 18.5 Å². The Morgan fingerprint density at radius 1 is 1.22 bits per heavy atom. The fraction of sp³-hybridized carbons (Fsp3) is 0.667. The third-order valence-electron chi connectivity index (χ3n) is 3.78. The Morgan fingerprint density at radius 3 is 2.52 bits per heavy atom. The van der Waals surface area contributed by atoms with E-state index in [-0.39, 0.29) is 17.8 Å². The maximum atomic E-state index is 12.5. The smallest absolute Gasteiger partial charge is 0.341 e. The first-order valence-corrected chi connectivity index (χ1v) is 9.49. The van der Waals surface area contributed by atoms with E-state index in [4.69, 9.17) is 4.74 Å². The molecule has 0 aromatic carbocycles. The maximum absolute atomic E-state index is 12.5. The minimum atomic E-state index is -0.358. The lowest BCUT2D eigenvalue weighted by molar-refractivity contribution is -0.120. The van der Waals surface area contributed by atoms with Crippen molar-refractivity contribution in [2.24, 2.45) is 5.92 Å². The largest absolute Gasteiger partial charge is 0.462 e. The monoisotopic (exact) mass is 339 g/mol. The van der Waals surface area contributed by atoms with Crippen molar-refractivity contribution in [3.8, 4) is 0 Å². The molecule has 1 heterocycles. The molecule has 0 spiro atoms. The molecule has 1 N–H and O–H groups in total. The summed E-state index contributed by atoms with van der Waals surface area (Å²) >= 11 is 1.49. The molecule has 0 aliphatic heterocycles. The fourth-order valence-electron chi connectivity index (χ4n) is 2.45. The number of anilines is 1. The summed E-state index contributed by atoms with van der Waals surface area (Å²) in [6.45, 7) is 8.37. The molecule has 5 heteroatoms. The molecule has 1 rings (SSSR count). The summed E-state index contributed by atoms with van der Waals surface area (Å²) in [6.07, 6.45) is 5.73. The normalized spacial score (nSPS) is 12.0. The lowest BCUT2D eigenvalue weighted by Crippen LogP contribution is -2.23. The van der Waals surface area contributed by atoms with Crippen molar-refractivity contribution in [2.75, 3.05) is 11.9 Å². The summed E-state index contributed by atoms with van der Waals surface area (Å²) in [5.74, 6) is -0.346. The van der Waals surface area contributed by atoms with Gasteiger partial charge in [-0.1, -0.05) is 40.0 Å². The van der Waals surface area contributed by atoms with Crippen LogP contribution in [0.4, 0.5) is 5.00 Å². The second-order valence-electron chi connectivity index (χ2n) is 5.66. The zero-order valence-corrected chi connectivity index (χ0v) is 15.6. The summed E-state index contributed by atoms with van der Waals surface area (Å²) in [5, 5.41) is 3.60. The van der Waals surface area contributed by atoms with Crippen LogP contribution in [0, 0.1) is 5.92 Å². The van der Waals surface area contributed by atoms with Gasteiger partial charge in [0.15, 0.2) is 0 Å². The van der Waals surface area contributed by atoms with E-state index in [1.165, 1.54) is 11.3 Å². The van der Waals surface area contributed by atoms with E-state index in [0.29, 0.717) is 17.2 Å². The Bertz CT molecular complexity index is 510. The molecule has 23 heavy (non-hydrogen) atoms. The van der Waals surface area contributed by atoms with Crippen molar-refractivity contribution in [2.45, 2.75) is 66.2 Å². The average molecular weight is 340 g/mol. The van der Waals surface area contributed by atoms with Crippen molar-refractivity contribution in [1.82, 2.24) is 0 Å². The van der Waals surface area contributed by atoms with E-state index in [9.17, 15) is 9.59 Å². The zero-order chi connectivity index (χ0) is 17.2. The Hall–Kier alpha value is -1.36. The minimum absolute atomic E-state index is 0.00159. The number of carbonyl (C=O) groups is 2. The van der Waals surface area contributed by atoms with Gasteiger partial charge in [0.25, 0.3) is 0 Å². The summed E-state index contributed by atoms with van der Waals surface area (Å²) in [7, 11) is 0. The van der Waals surface area contributed by atoms with Crippen LogP contribution in [0.1, 0.15) is 75.0 Å². The number of aryl methyl sites for hydroxylation is 1. The third kappa shape index (κ3) is 5.98. The first-order chi connectivity index (χ1) is 11.1. The van der Waals surface area contributed by atoms with Crippen LogP contribution in [0.5, 0.6) is 0 Å². The summed E-state index contributed by atoms with van der Waals surface area (Å²) in [4.78, 5) is 25.7. The number of thiophene rings is 1. The first kappa shape index (κ1) is 19.7. The van der Waals surface area contributed by atoms with Crippen LogP contribution in [0.3, 0.4) is 0 Å². The van der Waals surface area contributed by atoms with Crippen molar-refractivity contribution in [3.63, 3.8) is 0 Å². The molecule has 0 saturated heterocycles. The lowest BCUT2D eigenvalue weighted by atomic mass is 9.98. The number of rotatable bonds is 10. The number of nitrogens with one attached hydrogen (secondary N) is 1. The topological polar surface area (TPSA) is 55.4 Å². The van der Waals surface area contributed by atoms with E-state index >= 15 is 0 Å². The lowest BCUT2D eigenvalue weighted by Gasteiger charge is -2.14. The Morgan fingerprint density at radius 2 is 1.96 bits per heavy atom. The molecule has 1 aromatic rings. The van der Waals surface area contributed by atoms with Gasteiger partial charge in [-0.05, 0) is 32.3 Å². The van der Waals surface area contributed by atoms with Gasteiger partial charge in [0.1, 0.15) is 5.00 Å². The predicted molar refractivity (Wildman–Crippen MR) is 96.2 cm³/mol. The molecule has 4 nitrogen and oxygen atoms in total. The van der Waals surface area contributed by atoms with Crippen molar-refractivity contribution in [3.05, 3.63) is 16.5 Å². The van der Waals surface area contributed by atoms with Crippen molar-refractivity contribution in [1.29, 1.82) is 0 Å². The second kappa shape index (κ2) is 10.4. The van der Waals surface area contributed by atoms with Gasteiger partial charge < -0.3 is 10.1 Å². The molecule has 0 fully saturated rings. The van der Waals surface area contributed by atoms with Crippen LogP contribution in [-0.2, 0) is 16.0 Å². The van der Waals surface area contributed by atoms with Gasteiger partial charge in [0, 0.05) is 10.8 Å². The number of hydrogen-bond acceptors (Lipinski definition) is 4. The van der Waals surface area contributed by atoms with Gasteiger partial charge >= 0.3 is 5.97 Å². The van der Waals surface area contributed by atoms with Gasteiger partial charge in [-0.25, -0.2) is 4.79 Å². The molecule has 1 atom stereocenters. The molecule has 0 bridgehead atoms. The molecular formula is C18H29NO3S. The Balaban J connectivity index is 2.91. The highest BCUT2D eigenvalue weighted by atomic mass is 32.1. The van der Waals surface area contributed by atoms with Crippen molar-refractivity contribution >= 4 is 28.2 Å². The average Bonchev–Trinajstić information content (AvgIpc) is 2.91. The fourth-order valence-corrected chi connectivity index (χ4v) is 3.60. The highest BCUT2D eigenvalue weighted by molar-refractivity contribution is 7.16. The van der Waals surface area contributed by atoms with Crippen LogP contribution in [0.25, 0.3) is 0 Å². The predicted octanol–water partition coefficient (Wildman–Crippen LogP) is 5.03. The number of hydrogen-bond donors (Lipinski definition) is 1. The van der Waals surface area contributed by atoms with Crippen molar-refractivity contribution < 1.29 is 14.3 Å². The summed E-state index contributed by atoms with van der Waals surface area (Å²) < 4.78 is 5.11. The Labute approximate surface area is 143 Å². The number of unbranched alkanes of at least 4 members (excludes halogenated alkanes) is 1. The molecule has 1 amide bonds. The van der Waals surface area contributed by atoms with E-state index in [2.05, 4.69) is 19.2 Å². The van der Waals surface area contributed by atoms with Gasteiger partial charge in [-0.15, -0.1) is 11.3 Å². The van der Waals surface area contributed by atoms with Gasteiger partial charge in [-0.2, -0.15) is 0 Å². The SMILES string of the molecule is CCCC[C@H](CC)C(=O)Nc1sc(CCC)cc1C(=O)OCC. The van der Waals surface area contributed by atoms with Crippen LogP contribution in [0.2, 0.25) is 0 Å². The van der Waals surface area contributed by atoms with Gasteiger partial charge in [0.2, 0.25) is 5.91 Å². The first-order valence-electron chi connectivity index (χ1n) is 8.67. The quantitative estimate of drug-likeness (QED) is 0.608. The van der Waals surface area contributed by atoms with E-state index in [1.807, 2.05) is 13.0 Å². The molecule has 0 aliphatic carbocycles. The summed E-state index contributed by atoms with van der Waals surface area (Å²) in [6, 6.07) is 1.86. The maximum Gasteiger partial charge on any atom is 0.341 e. The Kier molecular flexibility index (Phi) is 8.92. The molecular weight excluding hydrogens is 310 g/mol. The molecule has 130 valence electrons. The molecule has 0 radical (unpaired) electrons. The molecule has 0 aliphatic rings. The van der Waals surface area contributed by atoms with E-state index in [0.717, 1.165) is 43.4 Å². The highest BCUT2D eigenvalue weighted by Crippen LogP contribution is 2.31. The third-order valence-corrected chi connectivity index (χ3v) is 4.89. The number of amides is 1. The number of esters is 1. The van der Waals surface area contributed by atoms with E-state index in [1.54, 1.807) is 6.92 Å². The standard InChI is InChI=1S/C18H29NO3S/c1-5-9-11-13(7-3)16(20)19-17-15(18(21)22-8-4)12-14(23-17)10-6-2/h12-13H,5-11H2,1-4H3,(H,19,20)/t13-/m0/s1. The number of carbonyl (C=O) groups excluding carboxylic acids is 2. The van der Waals surface area contributed by atoms with Crippen LogP contribution >= 0.6 is 11.3 Å². The minimum Gasteiger partial charge on any atom is -0.462 e. The molecule has 0 saturated carbocycles. The highest BCUT2D eigenvalue weighted by Gasteiger charge is 2.22. The van der Waals surface area contributed by atoms with Gasteiger partial charge in [0.05, 0.1) is 12.2 Å². The van der Waals surface area contributed by atoms with Gasteiger partial charge in [-0.3, -0.25) is 4.79 Å². The van der Waals surface area contributed by atoms with Crippen LogP contribution in [0.15, 0.2) is 6.07 Å². The summed E-state index contributed by atoms with van der Waals surface area (Å²) in [5.41, 5.74) is 0.485. The van der Waals surface area contributed by atoms with E-state index < -0.39 is 0 Å². The van der Waals surface area contributed by atoms with Crippen LogP contribution < -0.4 is 5.32 Å². The molecule has 1 aromatic heterocycles. The molecule has 0 unspecified atom stereocenters. The number of ether oxygens (including phenoxy) is 1. The second-order valence-corrected chi connectivity index (χ2v) is 6.80. The zero-order valence-electron chi connectivity index (χ0n) is 14.7.